The van der Waals surface area contributed by atoms with E-state index in [1.54, 1.807) is 0 Å². The van der Waals surface area contributed by atoms with Crippen LogP contribution in [0.2, 0.25) is 0 Å². The summed E-state index contributed by atoms with van der Waals surface area (Å²) >= 11 is 0. The summed E-state index contributed by atoms with van der Waals surface area (Å²) in [6.45, 7) is 9.99. The summed E-state index contributed by atoms with van der Waals surface area (Å²) in [4.78, 5) is 14.1. The van der Waals surface area contributed by atoms with Crippen molar-refractivity contribution in [2.45, 2.75) is 71.9 Å². The predicted molar refractivity (Wildman–Crippen MR) is 76.6 cm³/mol. The van der Waals surface area contributed by atoms with E-state index in [1.165, 1.54) is 32.1 Å². The van der Waals surface area contributed by atoms with E-state index in [0.717, 1.165) is 19.0 Å². The first-order chi connectivity index (χ1) is 8.62. The lowest BCUT2D eigenvalue weighted by atomic mass is 9.84. The first-order valence-electron chi connectivity index (χ1n) is 7.67. The molecule has 0 radical (unpaired) electrons. The van der Waals surface area contributed by atoms with Crippen molar-refractivity contribution in [3.05, 3.63) is 0 Å². The molecule has 1 fully saturated rings. The summed E-state index contributed by atoms with van der Waals surface area (Å²) in [6, 6.07) is 0.510. The summed E-state index contributed by atoms with van der Waals surface area (Å²) in [5.74, 6) is 1.16. The molecule has 1 N–H and O–H groups in total. The fourth-order valence-electron chi connectivity index (χ4n) is 2.97. The Balaban J connectivity index is 2.36. The number of nitrogens with zero attached hydrogens (tertiary/aromatic N) is 1. The number of carbonyl (C=O) groups is 1. The van der Waals surface area contributed by atoms with Crippen molar-refractivity contribution in [2.75, 3.05) is 13.1 Å². The smallest absolute Gasteiger partial charge is 0.239 e. The Labute approximate surface area is 112 Å². The lowest BCUT2D eigenvalue weighted by Crippen LogP contribution is -2.49. The van der Waals surface area contributed by atoms with E-state index in [4.69, 9.17) is 0 Å². The number of amides is 1. The van der Waals surface area contributed by atoms with Crippen LogP contribution in [0.4, 0.5) is 0 Å². The van der Waals surface area contributed by atoms with Crippen LogP contribution in [-0.2, 0) is 4.79 Å². The molecule has 0 aliphatic heterocycles. The molecule has 1 unspecified atom stereocenters. The minimum absolute atomic E-state index is 0.0342. The third kappa shape index (κ3) is 4.27. The zero-order valence-electron chi connectivity index (χ0n) is 12.5. The number of likely N-dealkylation sites (N-methyl/N-ethyl adjacent to an activating group) is 1. The van der Waals surface area contributed by atoms with Gasteiger partial charge in [0.2, 0.25) is 5.91 Å². The van der Waals surface area contributed by atoms with Crippen molar-refractivity contribution in [3.8, 4) is 0 Å². The van der Waals surface area contributed by atoms with Gasteiger partial charge in [-0.1, -0.05) is 13.3 Å². The molecule has 0 aromatic carbocycles. The molecule has 3 heteroatoms. The Kier molecular flexibility index (Phi) is 6.69. The quantitative estimate of drug-likeness (QED) is 0.790. The number of carbonyl (C=O) groups excluding carboxylic acids is 1. The number of nitrogens with one attached hydrogen (secondary N) is 1. The third-order valence-corrected chi connectivity index (χ3v) is 4.36. The average molecular weight is 254 g/mol. The molecule has 0 bridgehead atoms. The van der Waals surface area contributed by atoms with Gasteiger partial charge in [-0.05, 0) is 52.4 Å². The number of hydrogen-bond acceptors (Lipinski definition) is 2. The molecule has 1 rings (SSSR count). The van der Waals surface area contributed by atoms with E-state index in [2.05, 4.69) is 12.2 Å². The topological polar surface area (TPSA) is 32.3 Å². The van der Waals surface area contributed by atoms with Crippen LogP contribution in [0.5, 0.6) is 0 Å². The Hall–Kier alpha value is -0.570. The van der Waals surface area contributed by atoms with Gasteiger partial charge in [-0.3, -0.25) is 4.79 Å². The molecule has 0 saturated heterocycles. The van der Waals surface area contributed by atoms with Crippen molar-refractivity contribution in [3.63, 3.8) is 0 Å². The van der Waals surface area contributed by atoms with Gasteiger partial charge in [0.1, 0.15) is 0 Å². The maximum atomic E-state index is 12.2. The first-order valence-corrected chi connectivity index (χ1v) is 7.67. The maximum absolute atomic E-state index is 12.2. The molecule has 1 saturated carbocycles. The molecule has 0 aromatic heterocycles. The van der Waals surface area contributed by atoms with Crippen LogP contribution in [0.3, 0.4) is 0 Å². The van der Waals surface area contributed by atoms with Crippen molar-refractivity contribution in [2.24, 2.45) is 5.92 Å². The molecule has 1 aliphatic carbocycles. The lowest BCUT2D eigenvalue weighted by molar-refractivity contribution is -0.132. The van der Waals surface area contributed by atoms with E-state index >= 15 is 0 Å². The van der Waals surface area contributed by atoms with E-state index in [9.17, 15) is 4.79 Å². The van der Waals surface area contributed by atoms with Gasteiger partial charge in [0.25, 0.3) is 0 Å². The van der Waals surface area contributed by atoms with Crippen LogP contribution in [0.25, 0.3) is 0 Å². The third-order valence-electron chi connectivity index (χ3n) is 4.36. The lowest BCUT2D eigenvalue weighted by Gasteiger charge is -2.32. The fourth-order valence-corrected chi connectivity index (χ4v) is 2.97. The van der Waals surface area contributed by atoms with Crippen molar-refractivity contribution < 1.29 is 4.79 Å². The second kappa shape index (κ2) is 7.78. The van der Waals surface area contributed by atoms with Crippen LogP contribution < -0.4 is 5.32 Å². The fraction of sp³-hybridized carbons (Fsp3) is 0.933. The highest BCUT2D eigenvalue weighted by Crippen LogP contribution is 2.26. The highest BCUT2D eigenvalue weighted by Gasteiger charge is 2.24. The Morgan fingerprint density at radius 1 is 1.17 bits per heavy atom. The summed E-state index contributed by atoms with van der Waals surface area (Å²) in [5, 5.41) is 3.52. The van der Waals surface area contributed by atoms with Gasteiger partial charge in [0, 0.05) is 19.1 Å². The second-order valence-electron chi connectivity index (χ2n) is 5.52. The van der Waals surface area contributed by atoms with E-state index < -0.39 is 0 Å². The molecule has 18 heavy (non-hydrogen) atoms. The number of hydrogen-bond donors (Lipinski definition) is 1. The highest BCUT2D eigenvalue weighted by molar-refractivity contribution is 5.81. The van der Waals surface area contributed by atoms with Gasteiger partial charge in [-0.2, -0.15) is 0 Å². The molecule has 0 heterocycles. The van der Waals surface area contributed by atoms with E-state index in [1.807, 2.05) is 25.7 Å². The van der Waals surface area contributed by atoms with E-state index in [0.29, 0.717) is 6.04 Å². The first kappa shape index (κ1) is 15.5. The minimum Gasteiger partial charge on any atom is -0.342 e. The van der Waals surface area contributed by atoms with Crippen molar-refractivity contribution >= 4 is 5.91 Å². The molecule has 106 valence electrons. The van der Waals surface area contributed by atoms with Crippen LogP contribution in [0, 0.1) is 5.92 Å². The molecular weight excluding hydrogens is 224 g/mol. The largest absolute Gasteiger partial charge is 0.342 e. The molecular formula is C15H30N2O. The summed E-state index contributed by atoms with van der Waals surface area (Å²) in [5.41, 5.74) is 0. The maximum Gasteiger partial charge on any atom is 0.239 e. The summed E-state index contributed by atoms with van der Waals surface area (Å²) < 4.78 is 0. The molecule has 1 aliphatic rings. The summed E-state index contributed by atoms with van der Waals surface area (Å²) in [6.07, 6.45) is 6.41. The van der Waals surface area contributed by atoms with Crippen molar-refractivity contribution in [1.82, 2.24) is 10.2 Å². The van der Waals surface area contributed by atoms with E-state index in [-0.39, 0.29) is 11.9 Å². The molecule has 0 spiro atoms. The van der Waals surface area contributed by atoms with Crippen molar-refractivity contribution in [1.29, 1.82) is 0 Å². The van der Waals surface area contributed by atoms with Crippen LogP contribution in [0.15, 0.2) is 0 Å². The minimum atomic E-state index is -0.0342. The average Bonchev–Trinajstić information content (AvgIpc) is 2.40. The monoisotopic (exact) mass is 254 g/mol. The van der Waals surface area contributed by atoms with Gasteiger partial charge in [-0.15, -0.1) is 0 Å². The highest BCUT2D eigenvalue weighted by atomic mass is 16.2. The molecule has 3 nitrogen and oxygen atoms in total. The van der Waals surface area contributed by atoms with Gasteiger partial charge >= 0.3 is 0 Å². The van der Waals surface area contributed by atoms with Crippen LogP contribution in [0.1, 0.15) is 59.8 Å². The normalized spacial score (nSPS) is 25.8. The zero-order valence-corrected chi connectivity index (χ0v) is 12.5. The van der Waals surface area contributed by atoms with Crippen LogP contribution >= 0.6 is 0 Å². The zero-order chi connectivity index (χ0) is 13.5. The Morgan fingerprint density at radius 2 is 1.72 bits per heavy atom. The summed E-state index contributed by atoms with van der Waals surface area (Å²) in [7, 11) is 0. The standard InChI is InChI=1S/C15H30N2O/c1-5-13-8-10-14(11-9-13)16-12(4)15(18)17(6-2)7-3/h12-14,16H,5-11H2,1-4H3. The molecule has 1 amide bonds. The van der Waals surface area contributed by atoms with Crippen LogP contribution in [-0.4, -0.2) is 36.0 Å². The molecule has 1 atom stereocenters. The van der Waals surface area contributed by atoms with Gasteiger partial charge in [0.15, 0.2) is 0 Å². The predicted octanol–water partition coefficient (Wildman–Crippen LogP) is 2.80. The Bertz CT molecular complexity index is 243. The Morgan fingerprint density at radius 3 is 2.17 bits per heavy atom. The molecule has 0 aromatic rings. The number of rotatable bonds is 6. The van der Waals surface area contributed by atoms with Gasteiger partial charge in [-0.25, -0.2) is 0 Å². The van der Waals surface area contributed by atoms with Gasteiger partial charge < -0.3 is 10.2 Å². The second-order valence-corrected chi connectivity index (χ2v) is 5.52. The SMILES string of the molecule is CCC1CCC(NC(C)C(=O)N(CC)CC)CC1. The van der Waals surface area contributed by atoms with Gasteiger partial charge in [0.05, 0.1) is 6.04 Å².